The van der Waals surface area contributed by atoms with Crippen molar-refractivity contribution in [1.29, 1.82) is 0 Å². The molecular formula is C21H22N6O. The summed E-state index contributed by atoms with van der Waals surface area (Å²) >= 11 is 0. The lowest BCUT2D eigenvalue weighted by Crippen LogP contribution is -2.48. The minimum Gasteiger partial charge on any atom is -0.353 e. The van der Waals surface area contributed by atoms with E-state index < -0.39 is 0 Å². The molecule has 0 bridgehead atoms. The van der Waals surface area contributed by atoms with Gasteiger partial charge in [0.2, 0.25) is 5.91 Å². The lowest BCUT2D eigenvalue weighted by molar-refractivity contribution is -0.126. The maximum atomic E-state index is 12.5. The number of imidazole rings is 1. The van der Waals surface area contributed by atoms with Crippen LogP contribution in [0.1, 0.15) is 11.4 Å². The van der Waals surface area contributed by atoms with Gasteiger partial charge in [-0.25, -0.2) is 15.0 Å². The van der Waals surface area contributed by atoms with Crippen LogP contribution in [0.3, 0.4) is 0 Å². The number of amides is 1. The molecule has 142 valence electrons. The monoisotopic (exact) mass is 374 g/mol. The van der Waals surface area contributed by atoms with Crippen molar-refractivity contribution in [2.75, 3.05) is 31.1 Å². The Hall–Kier alpha value is -3.48. The van der Waals surface area contributed by atoms with Gasteiger partial charge in [-0.2, -0.15) is 0 Å². The molecule has 0 radical (unpaired) electrons. The van der Waals surface area contributed by atoms with Crippen LogP contribution in [-0.4, -0.2) is 56.5 Å². The van der Waals surface area contributed by atoms with E-state index in [4.69, 9.17) is 0 Å². The number of carbonyl (C=O) groups is 1. The average Bonchev–Trinajstić information content (AvgIpc) is 3.27. The van der Waals surface area contributed by atoms with Gasteiger partial charge in [0, 0.05) is 50.7 Å². The summed E-state index contributed by atoms with van der Waals surface area (Å²) in [6.07, 6.45) is 8.82. The van der Waals surface area contributed by atoms with Gasteiger partial charge in [-0.05, 0) is 18.6 Å². The largest absolute Gasteiger partial charge is 0.353 e. The van der Waals surface area contributed by atoms with Crippen LogP contribution in [0.2, 0.25) is 0 Å². The van der Waals surface area contributed by atoms with E-state index >= 15 is 0 Å². The first kappa shape index (κ1) is 17.9. The zero-order chi connectivity index (χ0) is 19.3. The molecule has 0 unspecified atom stereocenters. The third-order valence-electron chi connectivity index (χ3n) is 4.71. The summed E-state index contributed by atoms with van der Waals surface area (Å²) in [5.74, 6) is 2.43. The van der Waals surface area contributed by atoms with Crippen LogP contribution in [0.15, 0.2) is 61.2 Å². The van der Waals surface area contributed by atoms with Crippen LogP contribution >= 0.6 is 0 Å². The van der Waals surface area contributed by atoms with Gasteiger partial charge in [0.1, 0.15) is 23.8 Å². The van der Waals surface area contributed by atoms with E-state index in [9.17, 15) is 4.79 Å². The first-order valence-electron chi connectivity index (χ1n) is 9.30. The lowest BCUT2D eigenvalue weighted by atomic mass is 10.2. The number of carbonyl (C=O) groups excluding carboxylic acids is 1. The van der Waals surface area contributed by atoms with Crippen molar-refractivity contribution in [3.63, 3.8) is 0 Å². The highest BCUT2D eigenvalue weighted by atomic mass is 16.2. The van der Waals surface area contributed by atoms with Crippen LogP contribution in [0.25, 0.3) is 11.9 Å². The Morgan fingerprint density at radius 1 is 1.04 bits per heavy atom. The third kappa shape index (κ3) is 4.09. The van der Waals surface area contributed by atoms with Crippen molar-refractivity contribution < 1.29 is 4.79 Å². The maximum Gasteiger partial charge on any atom is 0.246 e. The second kappa shape index (κ2) is 8.04. The predicted molar refractivity (Wildman–Crippen MR) is 108 cm³/mol. The molecule has 0 N–H and O–H groups in total. The van der Waals surface area contributed by atoms with Crippen LogP contribution in [0, 0.1) is 6.92 Å². The van der Waals surface area contributed by atoms with Crippen molar-refractivity contribution >= 4 is 17.8 Å². The fraction of sp³-hybridized carbons (Fsp3) is 0.238. The highest BCUT2D eigenvalue weighted by molar-refractivity contribution is 5.91. The predicted octanol–water partition coefficient (Wildman–Crippen LogP) is 2.33. The minimum absolute atomic E-state index is 0.0430. The molecule has 0 aliphatic carbocycles. The highest BCUT2D eigenvalue weighted by Gasteiger charge is 2.21. The first-order chi connectivity index (χ1) is 13.7. The number of hydrogen-bond donors (Lipinski definition) is 0. The molecule has 3 heterocycles. The van der Waals surface area contributed by atoms with Gasteiger partial charge in [-0.15, -0.1) is 0 Å². The summed E-state index contributed by atoms with van der Waals surface area (Å²) in [6, 6.07) is 11.8. The van der Waals surface area contributed by atoms with E-state index in [1.54, 1.807) is 18.6 Å². The van der Waals surface area contributed by atoms with Gasteiger partial charge in [0.15, 0.2) is 0 Å². The molecule has 1 fully saturated rings. The summed E-state index contributed by atoms with van der Waals surface area (Å²) in [5, 5.41) is 0. The van der Waals surface area contributed by atoms with Crippen molar-refractivity contribution in [2.24, 2.45) is 0 Å². The van der Waals surface area contributed by atoms with Gasteiger partial charge in [-0.3, -0.25) is 9.36 Å². The molecule has 1 aromatic carbocycles. The van der Waals surface area contributed by atoms with E-state index in [0.29, 0.717) is 18.9 Å². The number of aromatic nitrogens is 4. The van der Waals surface area contributed by atoms with Gasteiger partial charge in [0.05, 0.1) is 0 Å². The summed E-state index contributed by atoms with van der Waals surface area (Å²) < 4.78 is 1.87. The van der Waals surface area contributed by atoms with Crippen molar-refractivity contribution in [2.45, 2.75) is 6.92 Å². The number of benzene rings is 1. The van der Waals surface area contributed by atoms with Crippen molar-refractivity contribution in [1.82, 2.24) is 24.4 Å². The molecule has 1 amide bonds. The van der Waals surface area contributed by atoms with Crippen molar-refractivity contribution in [3.8, 4) is 5.82 Å². The normalized spacial score (nSPS) is 14.6. The molecule has 0 atom stereocenters. The van der Waals surface area contributed by atoms with Crippen LogP contribution in [0.4, 0.5) is 5.82 Å². The molecule has 3 aromatic rings. The van der Waals surface area contributed by atoms with E-state index in [2.05, 4.69) is 19.9 Å². The highest BCUT2D eigenvalue weighted by Crippen LogP contribution is 2.17. The third-order valence-corrected chi connectivity index (χ3v) is 4.71. The van der Waals surface area contributed by atoms with Crippen LogP contribution in [-0.2, 0) is 4.79 Å². The molecule has 0 spiro atoms. The topological polar surface area (TPSA) is 67.2 Å². The maximum absolute atomic E-state index is 12.5. The fourth-order valence-corrected chi connectivity index (χ4v) is 3.22. The van der Waals surface area contributed by atoms with E-state index in [1.807, 2.05) is 65.1 Å². The van der Waals surface area contributed by atoms with E-state index in [-0.39, 0.29) is 5.91 Å². The molecule has 4 rings (SSSR count). The van der Waals surface area contributed by atoms with Gasteiger partial charge < -0.3 is 9.80 Å². The molecule has 7 heteroatoms. The molecule has 28 heavy (non-hydrogen) atoms. The Morgan fingerprint density at radius 3 is 2.50 bits per heavy atom. The van der Waals surface area contributed by atoms with Crippen molar-refractivity contribution in [3.05, 3.63) is 72.6 Å². The number of piperazine rings is 1. The standard InChI is InChI=1S/C21H22N6O/c1-17-23-19(15-20(24-17)27-10-9-22-16-27)25-11-13-26(14-12-25)21(28)8-7-18-5-3-2-4-6-18/h2-10,15-16H,11-14H2,1H3/b8-7+. The summed E-state index contributed by atoms with van der Waals surface area (Å²) in [4.78, 5) is 29.7. The number of nitrogens with zero attached hydrogens (tertiary/aromatic N) is 6. The summed E-state index contributed by atoms with van der Waals surface area (Å²) in [6.45, 7) is 4.70. The molecule has 1 aliphatic rings. The minimum atomic E-state index is 0.0430. The van der Waals surface area contributed by atoms with Gasteiger partial charge in [0.25, 0.3) is 0 Å². The molecule has 2 aromatic heterocycles. The van der Waals surface area contributed by atoms with Crippen LogP contribution < -0.4 is 4.90 Å². The SMILES string of the molecule is Cc1nc(N2CCN(C(=O)/C=C/c3ccccc3)CC2)cc(-n2ccnc2)n1. The van der Waals surface area contributed by atoms with Crippen LogP contribution in [0.5, 0.6) is 0 Å². The Labute approximate surface area is 164 Å². The molecule has 7 nitrogen and oxygen atoms in total. The fourth-order valence-electron chi connectivity index (χ4n) is 3.22. The quantitative estimate of drug-likeness (QED) is 0.656. The Balaban J connectivity index is 1.40. The molecule has 1 saturated heterocycles. The summed E-state index contributed by atoms with van der Waals surface area (Å²) in [7, 11) is 0. The van der Waals surface area contributed by atoms with E-state index in [0.717, 1.165) is 30.3 Å². The van der Waals surface area contributed by atoms with Gasteiger partial charge >= 0.3 is 0 Å². The summed E-state index contributed by atoms with van der Waals surface area (Å²) in [5.41, 5.74) is 1.03. The first-order valence-corrected chi connectivity index (χ1v) is 9.30. The number of aryl methyl sites for hydroxylation is 1. The zero-order valence-corrected chi connectivity index (χ0v) is 15.8. The molecular weight excluding hydrogens is 352 g/mol. The number of rotatable bonds is 4. The second-order valence-electron chi connectivity index (χ2n) is 6.66. The Kier molecular flexibility index (Phi) is 5.14. The average molecular weight is 374 g/mol. The number of anilines is 1. The Bertz CT molecular complexity index is 960. The van der Waals surface area contributed by atoms with Gasteiger partial charge in [-0.1, -0.05) is 30.3 Å². The smallest absolute Gasteiger partial charge is 0.246 e. The lowest BCUT2D eigenvalue weighted by Gasteiger charge is -2.35. The molecule has 0 saturated carbocycles. The number of hydrogen-bond acceptors (Lipinski definition) is 5. The zero-order valence-electron chi connectivity index (χ0n) is 15.8. The van der Waals surface area contributed by atoms with E-state index in [1.165, 1.54) is 0 Å². The molecule has 1 aliphatic heterocycles. The Morgan fingerprint density at radius 2 is 1.79 bits per heavy atom. The second-order valence-corrected chi connectivity index (χ2v) is 6.66.